The van der Waals surface area contributed by atoms with Gasteiger partial charge in [-0.1, -0.05) is 42.5 Å². The van der Waals surface area contributed by atoms with E-state index in [2.05, 4.69) is 6.07 Å². The Morgan fingerprint density at radius 1 is 1.06 bits per heavy atom. The lowest BCUT2D eigenvalue weighted by molar-refractivity contribution is 0.0301. The van der Waals surface area contributed by atoms with Crippen LogP contribution in [0.1, 0.15) is 22.8 Å². The Morgan fingerprint density at radius 2 is 1.83 bits per heavy atom. The average molecular weight is 238 g/mol. The van der Waals surface area contributed by atoms with Crippen molar-refractivity contribution in [3.8, 4) is 11.1 Å². The summed E-state index contributed by atoms with van der Waals surface area (Å²) in [4.78, 5) is 11.9. The predicted molar refractivity (Wildman–Crippen MR) is 70.5 cm³/mol. The number of hydrogen-bond acceptors (Lipinski definition) is 2. The fourth-order valence-electron chi connectivity index (χ4n) is 2.35. The van der Waals surface area contributed by atoms with Crippen molar-refractivity contribution in [3.05, 3.63) is 59.7 Å². The van der Waals surface area contributed by atoms with Gasteiger partial charge in [0.25, 0.3) is 0 Å². The number of ether oxygens (including phenoxy) is 1. The van der Waals surface area contributed by atoms with E-state index < -0.39 is 0 Å². The number of carbonyl (C=O) groups excluding carboxylic acids is 1. The van der Waals surface area contributed by atoms with Crippen molar-refractivity contribution < 1.29 is 9.53 Å². The van der Waals surface area contributed by atoms with Crippen LogP contribution in [0, 0.1) is 0 Å². The number of rotatable bonds is 1. The second-order valence-electron chi connectivity index (χ2n) is 4.66. The summed E-state index contributed by atoms with van der Waals surface area (Å²) in [7, 11) is 0. The number of hydrogen-bond donors (Lipinski definition) is 0. The van der Waals surface area contributed by atoms with Gasteiger partial charge in [-0.05, 0) is 29.7 Å². The van der Waals surface area contributed by atoms with E-state index in [-0.39, 0.29) is 12.1 Å². The molecule has 2 aromatic rings. The Kier molecular flexibility index (Phi) is 2.63. The van der Waals surface area contributed by atoms with Crippen LogP contribution in [0.5, 0.6) is 0 Å². The molecule has 2 heteroatoms. The monoisotopic (exact) mass is 238 g/mol. The minimum Gasteiger partial charge on any atom is -0.459 e. The molecule has 1 aliphatic rings. The maximum atomic E-state index is 11.9. The van der Waals surface area contributed by atoms with Gasteiger partial charge in [0, 0.05) is 6.42 Å². The molecule has 2 nitrogen and oxygen atoms in total. The number of carbonyl (C=O) groups is 1. The van der Waals surface area contributed by atoms with Crippen molar-refractivity contribution in [2.24, 2.45) is 0 Å². The van der Waals surface area contributed by atoms with Crippen molar-refractivity contribution in [1.29, 1.82) is 0 Å². The molecule has 0 unspecified atom stereocenters. The molecule has 0 amide bonds. The minimum absolute atomic E-state index is 0.0208. The molecule has 0 radical (unpaired) electrons. The van der Waals surface area contributed by atoms with Gasteiger partial charge in [0.2, 0.25) is 0 Å². The number of cyclic esters (lactones) is 1. The first-order valence-electron chi connectivity index (χ1n) is 6.13. The first kappa shape index (κ1) is 11.0. The van der Waals surface area contributed by atoms with Crippen LogP contribution in [-0.4, -0.2) is 12.1 Å². The van der Waals surface area contributed by atoms with Gasteiger partial charge in [-0.2, -0.15) is 0 Å². The Balaban J connectivity index is 2.06. The largest absolute Gasteiger partial charge is 0.459 e. The van der Waals surface area contributed by atoms with Crippen molar-refractivity contribution in [2.45, 2.75) is 19.4 Å². The smallest absolute Gasteiger partial charge is 0.338 e. The van der Waals surface area contributed by atoms with Gasteiger partial charge in [0.15, 0.2) is 0 Å². The minimum atomic E-state index is -0.207. The summed E-state index contributed by atoms with van der Waals surface area (Å²) >= 11 is 0. The van der Waals surface area contributed by atoms with Crippen LogP contribution in [0.2, 0.25) is 0 Å². The first-order valence-corrected chi connectivity index (χ1v) is 6.13. The number of esters is 1. The topological polar surface area (TPSA) is 26.3 Å². The molecule has 0 saturated carbocycles. The molecule has 0 saturated heterocycles. The number of fused-ring (bicyclic) bond motifs is 1. The van der Waals surface area contributed by atoms with Gasteiger partial charge in [0.05, 0.1) is 5.56 Å². The zero-order valence-corrected chi connectivity index (χ0v) is 10.2. The van der Waals surface area contributed by atoms with E-state index in [0.29, 0.717) is 5.56 Å². The molecule has 1 aliphatic heterocycles. The lowest BCUT2D eigenvalue weighted by atomic mass is 9.94. The highest BCUT2D eigenvalue weighted by atomic mass is 16.5. The fourth-order valence-corrected chi connectivity index (χ4v) is 2.35. The predicted octanol–water partition coefficient (Wildman–Crippen LogP) is 3.46. The highest BCUT2D eigenvalue weighted by molar-refractivity contribution is 5.93. The zero-order valence-electron chi connectivity index (χ0n) is 10.2. The molecular formula is C16H14O2. The maximum Gasteiger partial charge on any atom is 0.338 e. The van der Waals surface area contributed by atoms with E-state index >= 15 is 0 Å². The summed E-state index contributed by atoms with van der Waals surface area (Å²) in [5.74, 6) is -0.207. The second kappa shape index (κ2) is 4.30. The fraction of sp³-hybridized carbons (Fsp3) is 0.188. The molecule has 0 aliphatic carbocycles. The molecule has 0 fully saturated rings. The lowest BCUT2D eigenvalue weighted by Gasteiger charge is -2.22. The van der Waals surface area contributed by atoms with Crippen LogP contribution >= 0.6 is 0 Å². The van der Waals surface area contributed by atoms with Crippen molar-refractivity contribution in [2.75, 3.05) is 0 Å². The van der Waals surface area contributed by atoms with Gasteiger partial charge in [-0.15, -0.1) is 0 Å². The summed E-state index contributed by atoms with van der Waals surface area (Å²) in [6, 6.07) is 16.1. The summed E-state index contributed by atoms with van der Waals surface area (Å²) in [6.45, 7) is 1.92. The molecule has 1 heterocycles. The van der Waals surface area contributed by atoms with E-state index in [1.165, 1.54) is 0 Å². The van der Waals surface area contributed by atoms with Crippen molar-refractivity contribution in [3.63, 3.8) is 0 Å². The van der Waals surface area contributed by atoms with Gasteiger partial charge in [-0.3, -0.25) is 0 Å². The third-order valence-electron chi connectivity index (χ3n) is 3.25. The van der Waals surface area contributed by atoms with Crippen LogP contribution in [-0.2, 0) is 11.2 Å². The molecule has 2 aromatic carbocycles. The van der Waals surface area contributed by atoms with Crippen molar-refractivity contribution >= 4 is 5.97 Å². The van der Waals surface area contributed by atoms with E-state index in [1.54, 1.807) is 0 Å². The third kappa shape index (κ3) is 1.90. The molecule has 0 bridgehead atoms. The Bertz CT molecular complexity index is 587. The Morgan fingerprint density at radius 3 is 2.61 bits per heavy atom. The van der Waals surface area contributed by atoms with Crippen LogP contribution < -0.4 is 0 Å². The highest BCUT2D eigenvalue weighted by Gasteiger charge is 2.23. The molecule has 1 atom stereocenters. The molecular weight excluding hydrogens is 224 g/mol. The molecule has 90 valence electrons. The Hall–Kier alpha value is -2.09. The van der Waals surface area contributed by atoms with Crippen LogP contribution in [0.15, 0.2) is 48.5 Å². The van der Waals surface area contributed by atoms with Crippen LogP contribution in [0.4, 0.5) is 0 Å². The van der Waals surface area contributed by atoms with Gasteiger partial charge < -0.3 is 4.74 Å². The van der Waals surface area contributed by atoms with Gasteiger partial charge in [0.1, 0.15) is 6.10 Å². The van der Waals surface area contributed by atoms with Gasteiger partial charge in [-0.25, -0.2) is 4.79 Å². The lowest BCUT2D eigenvalue weighted by Crippen LogP contribution is -2.24. The van der Waals surface area contributed by atoms with E-state index in [1.807, 2.05) is 49.4 Å². The number of benzene rings is 2. The first-order chi connectivity index (χ1) is 8.74. The second-order valence-corrected chi connectivity index (χ2v) is 4.66. The summed E-state index contributed by atoms with van der Waals surface area (Å²) in [5.41, 5.74) is 3.96. The quantitative estimate of drug-likeness (QED) is 0.711. The molecule has 0 aromatic heterocycles. The normalized spacial score (nSPS) is 18.1. The third-order valence-corrected chi connectivity index (χ3v) is 3.25. The molecule has 18 heavy (non-hydrogen) atoms. The van der Waals surface area contributed by atoms with E-state index in [4.69, 9.17) is 4.74 Å². The highest BCUT2D eigenvalue weighted by Crippen LogP contribution is 2.26. The molecule has 0 spiro atoms. The summed E-state index contributed by atoms with van der Waals surface area (Å²) < 4.78 is 5.26. The average Bonchev–Trinajstić information content (AvgIpc) is 2.39. The standard InChI is InChI=1S/C16H14O2/c1-11-9-14-8-7-13(10-15(14)16(17)18-11)12-5-3-2-4-6-12/h2-8,10-11H,9H2,1H3/t11-/m0/s1. The zero-order chi connectivity index (χ0) is 12.5. The molecule has 3 rings (SSSR count). The SMILES string of the molecule is C[C@H]1Cc2ccc(-c3ccccc3)cc2C(=O)O1. The van der Waals surface area contributed by atoms with Crippen LogP contribution in [0.3, 0.4) is 0 Å². The summed E-state index contributed by atoms with van der Waals surface area (Å²) in [5, 5.41) is 0. The van der Waals surface area contributed by atoms with Crippen molar-refractivity contribution in [1.82, 2.24) is 0 Å². The molecule has 0 N–H and O–H groups in total. The maximum absolute atomic E-state index is 11.9. The van der Waals surface area contributed by atoms with Gasteiger partial charge >= 0.3 is 5.97 Å². The van der Waals surface area contributed by atoms with Crippen LogP contribution in [0.25, 0.3) is 11.1 Å². The van der Waals surface area contributed by atoms with E-state index in [9.17, 15) is 4.79 Å². The Labute approximate surface area is 106 Å². The van der Waals surface area contributed by atoms with E-state index in [0.717, 1.165) is 23.1 Å². The summed E-state index contributed by atoms with van der Waals surface area (Å²) in [6.07, 6.45) is 0.781.